The molecule has 0 rings (SSSR count). The van der Waals surface area contributed by atoms with Gasteiger partial charge in [-0.2, -0.15) is 13.2 Å². The minimum atomic E-state index is -4.48. The average Bonchev–Trinajstić information content (AvgIpc) is 2.24. The number of carboxylic acid groups (broad SMARTS) is 1. The third-order valence-corrected chi connectivity index (χ3v) is 2.72. The van der Waals surface area contributed by atoms with Gasteiger partial charge in [-0.25, -0.2) is 4.79 Å². The van der Waals surface area contributed by atoms with Crippen LogP contribution in [0.2, 0.25) is 0 Å². The Bertz CT molecular complexity index is 365. The van der Waals surface area contributed by atoms with Gasteiger partial charge >= 0.3 is 18.2 Å². The monoisotopic (exact) mass is 312 g/mol. The summed E-state index contributed by atoms with van der Waals surface area (Å²) < 4.78 is 37.7. The maximum atomic E-state index is 12.6. The lowest BCUT2D eigenvalue weighted by Crippen LogP contribution is -2.54. The molecule has 0 unspecified atom stereocenters. The number of halogens is 3. The smallest absolute Gasteiger partial charge is 0.406 e. The molecule has 0 aromatic heterocycles. The Labute approximate surface area is 122 Å². The summed E-state index contributed by atoms with van der Waals surface area (Å²) in [5.74, 6) is -1.10. The summed E-state index contributed by atoms with van der Waals surface area (Å²) in [5, 5.41) is 8.71. The van der Waals surface area contributed by atoms with Gasteiger partial charge in [0.1, 0.15) is 6.54 Å². The lowest BCUT2D eigenvalue weighted by atomic mass is 10.1. The van der Waals surface area contributed by atoms with Crippen molar-refractivity contribution in [3.8, 4) is 0 Å². The molecule has 0 radical (unpaired) electrons. The number of carbonyl (C=O) groups excluding carboxylic acids is 1. The Morgan fingerprint density at radius 2 is 1.62 bits per heavy atom. The van der Waals surface area contributed by atoms with Crippen LogP contribution in [0.5, 0.6) is 0 Å². The van der Waals surface area contributed by atoms with E-state index in [0.717, 1.165) is 0 Å². The third-order valence-electron chi connectivity index (χ3n) is 2.72. The number of carbonyl (C=O) groups is 2. The Kier molecular flexibility index (Phi) is 6.99. The number of urea groups is 1. The molecule has 8 heteroatoms. The van der Waals surface area contributed by atoms with Gasteiger partial charge in [0.05, 0.1) is 6.42 Å². The molecule has 21 heavy (non-hydrogen) atoms. The van der Waals surface area contributed by atoms with Crippen molar-refractivity contribution >= 4 is 12.0 Å². The number of carboxylic acids is 1. The van der Waals surface area contributed by atoms with E-state index in [1.807, 2.05) is 0 Å². The summed E-state index contributed by atoms with van der Waals surface area (Å²) in [6.45, 7) is 5.15. The molecule has 0 aliphatic carbocycles. The molecule has 5 nitrogen and oxygen atoms in total. The number of nitrogens with zero attached hydrogens (tertiary/aromatic N) is 2. The molecule has 0 fully saturated rings. The van der Waals surface area contributed by atoms with Crippen LogP contribution in [0.15, 0.2) is 0 Å². The molecule has 0 heterocycles. The van der Waals surface area contributed by atoms with Crippen LogP contribution in [0, 0.1) is 0 Å². The van der Waals surface area contributed by atoms with Crippen LogP contribution in [-0.4, -0.2) is 58.3 Å². The van der Waals surface area contributed by atoms with Crippen molar-refractivity contribution in [1.29, 1.82) is 0 Å². The second kappa shape index (κ2) is 7.51. The zero-order chi connectivity index (χ0) is 16.8. The molecule has 0 aromatic rings. The fraction of sp³-hybridized carbons (Fsp3) is 0.846. The fourth-order valence-corrected chi connectivity index (χ4v) is 1.82. The lowest BCUT2D eigenvalue weighted by molar-refractivity contribution is -0.142. The first-order valence-corrected chi connectivity index (χ1v) is 6.73. The van der Waals surface area contributed by atoms with Gasteiger partial charge in [0.25, 0.3) is 0 Å². The highest BCUT2D eigenvalue weighted by molar-refractivity contribution is 5.76. The van der Waals surface area contributed by atoms with Crippen molar-refractivity contribution in [2.45, 2.75) is 52.3 Å². The predicted octanol–water partition coefficient (Wildman–Crippen LogP) is 2.96. The first-order chi connectivity index (χ1) is 9.38. The second-order valence-electron chi connectivity index (χ2n) is 5.79. The van der Waals surface area contributed by atoms with Crippen LogP contribution >= 0.6 is 0 Å². The summed E-state index contributed by atoms with van der Waals surface area (Å²) >= 11 is 0. The highest BCUT2D eigenvalue weighted by Crippen LogP contribution is 2.21. The molecule has 0 aromatic carbocycles. The van der Waals surface area contributed by atoms with E-state index in [9.17, 15) is 22.8 Å². The van der Waals surface area contributed by atoms with E-state index in [0.29, 0.717) is 11.3 Å². The second-order valence-corrected chi connectivity index (χ2v) is 5.79. The van der Waals surface area contributed by atoms with Gasteiger partial charge < -0.3 is 14.9 Å². The number of rotatable bonds is 6. The topological polar surface area (TPSA) is 60.9 Å². The number of alkyl halides is 3. The summed E-state index contributed by atoms with van der Waals surface area (Å²) in [7, 11) is 0. The largest absolute Gasteiger partial charge is 0.481 e. The third kappa shape index (κ3) is 7.77. The normalized spacial score (nSPS) is 12.1. The van der Waals surface area contributed by atoms with Crippen molar-refractivity contribution in [2.75, 3.05) is 19.6 Å². The maximum Gasteiger partial charge on any atom is 0.406 e. The van der Waals surface area contributed by atoms with E-state index in [1.165, 1.54) is 4.90 Å². The van der Waals surface area contributed by atoms with Crippen LogP contribution in [0.3, 0.4) is 0 Å². The van der Waals surface area contributed by atoms with Crippen LogP contribution < -0.4 is 0 Å². The highest BCUT2D eigenvalue weighted by Gasteiger charge is 2.36. The molecule has 1 N–H and O–H groups in total. The van der Waals surface area contributed by atoms with Crippen molar-refractivity contribution in [3.63, 3.8) is 0 Å². The lowest BCUT2D eigenvalue weighted by Gasteiger charge is -2.39. The highest BCUT2D eigenvalue weighted by atomic mass is 19.4. The summed E-state index contributed by atoms with van der Waals surface area (Å²) in [6, 6.07) is -0.789. The molecule has 0 bridgehead atoms. The number of hydrogen-bond acceptors (Lipinski definition) is 2. The first kappa shape index (κ1) is 19.5. The van der Waals surface area contributed by atoms with Crippen LogP contribution in [-0.2, 0) is 4.79 Å². The van der Waals surface area contributed by atoms with Gasteiger partial charge in [0, 0.05) is 18.6 Å². The maximum absolute atomic E-state index is 12.6. The Morgan fingerprint density at radius 3 is 1.95 bits per heavy atom. The number of hydrogen-bond donors (Lipinski definition) is 1. The van der Waals surface area contributed by atoms with E-state index in [2.05, 4.69) is 0 Å². The van der Waals surface area contributed by atoms with Crippen LogP contribution in [0.25, 0.3) is 0 Å². The van der Waals surface area contributed by atoms with Gasteiger partial charge in [-0.1, -0.05) is 6.92 Å². The summed E-state index contributed by atoms with van der Waals surface area (Å²) in [4.78, 5) is 24.9. The van der Waals surface area contributed by atoms with Crippen LogP contribution in [0.1, 0.15) is 40.5 Å². The number of amides is 2. The molecular formula is C13H23F3N2O3. The number of aliphatic carboxylic acids is 1. The zero-order valence-corrected chi connectivity index (χ0v) is 12.8. The van der Waals surface area contributed by atoms with E-state index in [1.54, 1.807) is 27.7 Å². The fourth-order valence-electron chi connectivity index (χ4n) is 1.82. The van der Waals surface area contributed by atoms with Crippen molar-refractivity contribution in [2.24, 2.45) is 0 Å². The zero-order valence-electron chi connectivity index (χ0n) is 12.8. The molecule has 0 atom stereocenters. The van der Waals surface area contributed by atoms with Gasteiger partial charge in [0.2, 0.25) is 0 Å². The van der Waals surface area contributed by atoms with Crippen molar-refractivity contribution in [3.05, 3.63) is 0 Å². The van der Waals surface area contributed by atoms with Crippen molar-refractivity contribution < 1.29 is 27.9 Å². The van der Waals surface area contributed by atoms with E-state index < -0.39 is 30.3 Å². The molecule has 124 valence electrons. The first-order valence-electron chi connectivity index (χ1n) is 6.73. The average molecular weight is 312 g/mol. The predicted molar refractivity (Wildman–Crippen MR) is 72.0 cm³/mol. The molecule has 0 spiro atoms. The SMILES string of the molecule is CCCN(CC(F)(F)F)C(=O)N(CCC(=O)O)C(C)(C)C. The van der Waals surface area contributed by atoms with E-state index >= 15 is 0 Å². The molecule has 2 amide bonds. The Hall–Kier alpha value is -1.47. The molecule has 0 aliphatic heterocycles. The standard InChI is InChI=1S/C13H23F3N2O3/c1-5-7-17(9-13(14,15)16)11(21)18(12(2,3)4)8-6-10(19)20/h5-9H2,1-4H3,(H,19,20). The molecule has 0 aliphatic rings. The quantitative estimate of drug-likeness (QED) is 0.820. The van der Waals surface area contributed by atoms with Gasteiger partial charge in [-0.15, -0.1) is 0 Å². The van der Waals surface area contributed by atoms with E-state index in [-0.39, 0.29) is 19.5 Å². The summed E-state index contributed by atoms with van der Waals surface area (Å²) in [5.41, 5.74) is -0.760. The van der Waals surface area contributed by atoms with Gasteiger partial charge in [-0.3, -0.25) is 4.79 Å². The van der Waals surface area contributed by atoms with Gasteiger partial charge in [0.15, 0.2) is 0 Å². The van der Waals surface area contributed by atoms with E-state index in [4.69, 9.17) is 5.11 Å². The molecular weight excluding hydrogens is 289 g/mol. The Morgan fingerprint density at radius 1 is 1.10 bits per heavy atom. The Balaban J connectivity index is 5.15. The van der Waals surface area contributed by atoms with Gasteiger partial charge in [-0.05, 0) is 27.2 Å². The van der Waals surface area contributed by atoms with Crippen LogP contribution in [0.4, 0.5) is 18.0 Å². The molecule has 0 saturated carbocycles. The minimum absolute atomic E-state index is 0.0298. The summed E-state index contributed by atoms with van der Waals surface area (Å²) in [6.07, 6.45) is -4.41. The minimum Gasteiger partial charge on any atom is -0.481 e. The molecule has 0 saturated heterocycles. The van der Waals surface area contributed by atoms with Crippen molar-refractivity contribution in [1.82, 2.24) is 9.80 Å².